The van der Waals surface area contributed by atoms with Gasteiger partial charge in [0.2, 0.25) is 5.91 Å². The van der Waals surface area contributed by atoms with Crippen molar-refractivity contribution in [3.05, 3.63) is 69.4 Å². The Hall–Kier alpha value is -2.90. The van der Waals surface area contributed by atoms with E-state index in [4.69, 9.17) is 11.6 Å². The molecule has 0 saturated carbocycles. The Bertz CT molecular complexity index is 1280. The van der Waals surface area contributed by atoms with Gasteiger partial charge in [-0.25, -0.2) is 14.4 Å². The number of carbonyl (C=O) groups is 1. The summed E-state index contributed by atoms with van der Waals surface area (Å²) in [6.07, 6.45) is 7.39. The summed E-state index contributed by atoms with van der Waals surface area (Å²) in [5, 5.41) is 3.06. The molecule has 0 spiro atoms. The van der Waals surface area contributed by atoms with E-state index in [0.717, 1.165) is 20.8 Å². The van der Waals surface area contributed by atoms with Crippen molar-refractivity contribution in [1.82, 2.24) is 15.3 Å². The van der Waals surface area contributed by atoms with Gasteiger partial charge in [0.05, 0.1) is 21.6 Å². The van der Waals surface area contributed by atoms with Crippen LogP contribution >= 0.6 is 22.9 Å². The molecule has 0 saturated heterocycles. The quantitative estimate of drug-likeness (QED) is 0.635. The van der Waals surface area contributed by atoms with E-state index in [1.165, 1.54) is 23.7 Å². The van der Waals surface area contributed by atoms with E-state index in [1.54, 1.807) is 12.3 Å². The van der Waals surface area contributed by atoms with E-state index in [0.29, 0.717) is 23.4 Å². The molecule has 1 aromatic carbocycles. The second kappa shape index (κ2) is 6.86. The molecule has 0 aliphatic carbocycles. The van der Waals surface area contributed by atoms with Crippen LogP contribution in [0.2, 0.25) is 5.02 Å². The fourth-order valence-corrected chi connectivity index (χ4v) is 4.91. The fraction of sp³-hybridized carbons (Fsp3) is 0.143. The molecule has 4 heterocycles. The Morgan fingerprint density at radius 3 is 3.00 bits per heavy atom. The molecule has 2 aliphatic rings. The minimum atomic E-state index is -0.699. The summed E-state index contributed by atoms with van der Waals surface area (Å²) in [7, 11) is 0. The van der Waals surface area contributed by atoms with Gasteiger partial charge in [0.25, 0.3) is 0 Å². The number of halogens is 2. The van der Waals surface area contributed by atoms with Gasteiger partial charge in [0.1, 0.15) is 18.1 Å². The Morgan fingerprint density at radius 2 is 2.14 bits per heavy atom. The third-order valence-electron chi connectivity index (χ3n) is 4.96. The van der Waals surface area contributed by atoms with E-state index in [9.17, 15) is 9.18 Å². The van der Waals surface area contributed by atoms with Crippen LogP contribution in [-0.4, -0.2) is 22.1 Å². The van der Waals surface area contributed by atoms with Crippen LogP contribution in [-0.2, 0) is 4.79 Å². The summed E-state index contributed by atoms with van der Waals surface area (Å²) in [4.78, 5) is 26.8. The lowest BCUT2D eigenvalue weighted by atomic mass is 9.93. The van der Waals surface area contributed by atoms with Gasteiger partial charge in [-0.15, -0.1) is 11.3 Å². The molecule has 0 bridgehead atoms. The average molecular weight is 425 g/mol. The Morgan fingerprint density at radius 1 is 1.28 bits per heavy atom. The zero-order chi connectivity index (χ0) is 20.1. The molecule has 8 heteroatoms. The Balaban J connectivity index is 1.70. The van der Waals surface area contributed by atoms with Crippen LogP contribution in [0.25, 0.3) is 21.5 Å². The molecule has 1 amide bonds. The van der Waals surface area contributed by atoms with Crippen molar-refractivity contribution in [2.45, 2.75) is 19.3 Å². The van der Waals surface area contributed by atoms with Crippen LogP contribution in [0.4, 0.5) is 4.39 Å². The normalized spacial score (nSPS) is 18.3. The molecular formula is C21H14ClFN4OS. The number of aliphatic imine (C=N–C) groups is 1. The molecule has 5 nitrogen and oxygen atoms in total. The topological polar surface area (TPSA) is 67.2 Å². The van der Waals surface area contributed by atoms with E-state index < -0.39 is 11.7 Å². The monoisotopic (exact) mass is 424 g/mol. The fourth-order valence-electron chi connectivity index (χ4n) is 3.68. The molecule has 2 aliphatic heterocycles. The highest BCUT2D eigenvalue weighted by molar-refractivity contribution is 7.19. The third-order valence-corrected chi connectivity index (χ3v) is 6.34. The largest absolute Gasteiger partial charge is 0.327 e. The van der Waals surface area contributed by atoms with Gasteiger partial charge in [0, 0.05) is 33.8 Å². The number of aryl methyl sites for hydroxylation is 1. The number of fused-ring (bicyclic) bond motifs is 1. The average Bonchev–Trinajstić information content (AvgIpc) is 3.12. The highest BCUT2D eigenvalue weighted by Gasteiger charge is 2.36. The molecule has 5 rings (SSSR count). The van der Waals surface area contributed by atoms with Crippen molar-refractivity contribution in [3.63, 3.8) is 0 Å². The number of carbonyl (C=O) groups excluding carboxylic acids is 1. The third kappa shape index (κ3) is 2.97. The zero-order valence-electron chi connectivity index (χ0n) is 15.2. The molecule has 0 fully saturated rings. The van der Waals surface area contributed by atoms with Crippen LogP contribution in [0, 0.1) is 12.7 Å². The van der Waals surface area contributed by atoms with Crippen LogP contribution in [0.15, 0.2) is 53.1 Å². The first-order chi connectivity index (χ1) is 14.0. The number of nitrogens with one attached hydrogen (secondary N) is 1. The smallest absolute Gasteiger partial charge is 0.237 e. The summed E-state index contributed by atoms with van der Waals surface area (Å²) in [6, 6.07) is 4.79. The lowest BCUT2D eigenvalue weighted by Crippen LogP contribution is -2.21. The maximum absolute atomic E-state index is 14.9. The van der Waals surface area contributed by atoms with E-state index in [1.807, 2.05) is 25.1 Å². The summed E-state index contributed by atoms with van der Waals surface area (Å²) in [5.41, 5.74) is 3.39. The SMILES string of the molecule is Cc1cc2ncnc(-c3cc(C4C(=O)NC5=C4N=CC=CC5)c(Cl)cc3F)c2s1. The molecule has 1 atom stereocenters. The van der Waals surface area contributed by atoms with Gasteiger partial charge in [-0.1, -0.05) is 17.7 Å². The predicted octanol–water partition coefficient (Wildman–Crippen LogP) is 4.91. The molecule has 2 aromatic heterocycles. The number of thiophene rings is 1. The summed E-state index contributed by atoms with van der Waals surface area (Å²) in [6.45, 7) is 1.97. The van der Waals surface area contributed by atoms with Gasteiger partial charge in [-0.3, -0.25) is 9.79 Å². The molecule has 1 N–H and O–H groups in total. The maximum atomic E-state index is 14.9. The first kappa shape index (κ1) is 18.1. The van der Waals surface area contributed by atoms with Crippen molar-refractivity contribution in [2.75, 3.05) is 0 Å². The first-order valence-electron chi connectivity index (χ1n) is 8.96. The van der Waals surface area contributed by atoms with Gasteiger partial charge in [0.15, 0.2) is 0 Å². The number of nitrogens with zero attached hydrogens (tertiary/aromatic N) is 3. The summed E-state index contributed by atoms with van der Waals surface area (Å²) >= 11 is 7.89. The predicted molar refractivity (Wildman–Crippen MR) is 113 cm³/mol. The highest BCUT2D eigenvalue weighted by atomic mass is 35.5. The molecule has 29 heavy (non-hydrogen) atoms. The number of allylic oxidation sites excluding steroid dienone is 2. The van der Waals surface area contributed by atoms with Crippen molar-refractivity contribution in [2.24, 2.45) is 4.99 Å². The lowest BCUT2D eigenvalue weighted by molar-refractivity contribution is -0.120. The number of hydrogen-bond acceptors (Lipinski definition) is 5. The van der Waals surface area contributed by atoms with E-state index >= 15 is 0 Å². The lowest BCUT2D eigenvalue weighted by Gasteiger charge is -2.14. The molecule has 144 valence electrons. The molecule has 0 radical (unpaired) electrons. The first-order valence-corrected chi connectivity index (χ1v) is 10.2. The molecular weight excluding hydrogens is 411 g/mol. The van der Waals surface area contributed by atoms with Crippen molar-refractivity contribution < 1.29 is 9.18 Å². The number of aromatic nitrogens is 2. The molecule has 1 unspecified atom stereocenters. The van der Waals surface area contributed by atoms with Gasteiger partial charge >= 0.3 is 0 Å². The number of rotatable bonds is 2. The van der Waals surface area contributed by atoms with E-state index in [2.05, 4.69) is 20.3 Å². The highest BCUT2D eigenvalue weighted by Crippen LogP contribution is 2.41. The minimum Gasteiger partial charge on any atom is -0.327 e. The summed E-state index contributed by atoms with van der Waals surface area (Å²) < 4.78 is 15.7. The number of amides is 1. The van der Waals surface area contributed by atoms with Crippen molar-refractivity contribution in [1.29, 1.82) is 0 Å². The van der Waals surface area contributed by atoms with Gasteiger partial charge < -0.3 is 5.32 Å². The number of benzene rings is 1. The minimum absolute atomic E-state index is 0.181. The van der Waals surface area contributed by atoms with Crippen molar-refractivity contribution >= 4 is 45.3 Å². The number of hydrogen-bond donors (Lipinski definition) is 1. The Labute approximate surface area is 174 Å². The zero-order valence-corrected chi connectivity index (χ0v) is 16.8. The molecule has 3 aromatic rings. The second-order valence-corrected chi connectivity index (χ2v) is 8.51. The van der Waals surface area contributed by atoms with Gasteiger partial charge in [-0.2, -0.15) is 0 Å². The van der Waals surface area contributed by atoms with Crippen LogP contribution in [0.3, 0.4) is 0 Å². The van der Waals surface area contributed by atoms with E-state index in [-0.39, 0.29) is 16.5 Å². The van der Waals surface area contributed by atoms with Crippen LogP contribution in [0.1, 0.15) is 22.8 Å². The van der Waals surface area contributed by atoms with Crippen molar-refractivity contribution in [3.8, 4) is 11.3 Å². The summed E-state index contributed by atoms with van der Waals surface area (Å²) in [5.74, 6) is -1.42. The second-order valence-electron chi connectivity index (χ2n) is 6.84. The van der Waals surface area contributed by atoms with Crippen LogP contribution < -0.4 is 5.32 Å². The Kier molecular flexibility index (Phi) is 4.29. The van der Waals surface area contributed by atoms with Gasteiger partial charge in [-0.05, 0) is 36.8 Å². The standard InChI is InChI=1S/C21H14ClFN4OS/c1-10-6-16-20(29-10)18(26-9-25-16)12-7-11(13(22)8-14(12)23)17-19-15(27-21(17)28)4-2-3-5-24-19/h2-3,5-9,17H,4H2,1H3,(H,27,28). The maximum Gasteiger partial charge on any atom is 0.237 e. The van der Waals surface area contributed by atoms with Crippen LogP contribution in [0.5, 0.6) is 0 Å².